The van der Waals surface area contributed by atoms with Gasteiger partial charge in [0, 0.05) is 0 Å². The van der Waals surface area contributed by atoms with Gasteiger partial charge in [-0.05, 0) is 0 Å². The van der Waals surface area contributed by atoms with Gasteiger partial charge < -0.3 is 0 Å². The van der Waals surface area contributed by atoms with Gasteiger partial charge in [0.2, 0.25) is 0 Å². The van der Waals surface area contributed by atoms with Gasteiger partial charge >= 0.3 is 0 Å². The van der Waals surface area contributed by atoms with Crippen LogP contribution in [0.3, 0.4) is 0 Å². The molecule has 0 spiro atoms. The van der Waals surface area contributed by atoms with Gasteiger partial charge in [-0.15, -0.1) is 0 Å². The molecule has 0 fully saturated rings. The quantitative estimate of drug-likeness (QED) is 0.208. The van der Waals surface area contributed by atoms with Crippen molar-refractivity contribution in [1.29, 1.82) is 0 Å². The third-order valence-electron chi connectivity index (χ3n) is 0.287. The summed E-state index contributed by atoms with van der Waals surface area (Å²) in [6, 6.07) is 0. The van der Waals surface area contributed by atoms with E-state index in [1.807, 2.05) is 0 Å². The summed E-state index contributed by atoms with van der Waals surface area (Å²) in [5.41, 5.74) is 0. The molecule has 0 aliphatic rings. The molecule has 42 valence electrons. The molecule has 0 unspecified atom stereocenters. The van der Waals surface area contributed by atoms with Crippen molar-refractivity contribution in [2.45, 2.75) is 0 Å². The summed E-state index contributed by atoms with van der Waals surface area (Å²) >= 11 is 0. The first-order valence-electron chi connectivity index (χ1n) is 1.51. The first kappa shape index (κ1) is 6.52. The second-order valence-electron chi connectivity index (χ2n) is 0.703. The largest absolute Gasteiger partial charge is 0.261 e. The lowest BCUT2D eigenvalue weighted by atomic mass is 11.6. The fourth-order valence-electron chi connectivity index (χ4n) is 0.106. The number of carbonyl (C=O) groups excluding carboxylic acids is 2. The highest BCUT2D eigenvalue weighted by atomic mass is 16.1. The molecule has 0 aliphatic heterocycles. The Labute approximate surface area is 44.2 Å². The highest BCUT2D eigenvalue weighted by molar-refractivity contribution is 5.34. The zero-order valence-electron chi connectivity index (χ0n) is 3.74. The molecule has 0 saturated heterocycles. The fourth-order valence-corrected chi connectivity index (χ4v) is 0.106. The molecule has 6 nitrogen and oxygen atoms in total. The highest BCUT2D eigenvalue weighted by Gasteiger charge is 1.79. The first-order valence-corrected chi connectivity index (χ1v) is 1.51. The Morgan fingerprint density at radius 3 is 1.88 bits per heavy atom. The van der Waals surface area contributed by atoms with Crippen LogP contribution >= 0.6 is 0 Å². The number of hydrogen-bond donors (Lipinski definition) is 1. The van der Waals surface area contributed by atoms with Crippen LogP contribution in [0, 0.1) is 0 Å². The molecule has 0 amide bonds. The molecule has 0 radical (unpaired) electrons. The van der Waals surface area contributed by atoms with Crippen LogP contribution in [0.2, 0.25) is 0 Å². The Balaban J connectivity index is 3.82. The lowest BCUT2D eigenvalue weighted by Gasteiger charge is -1.92. The standard InChI is InChI=1S/C2H2N4O2/c3-6(4-1-7)5-2-8/h3H2. The molecule has 0 aliphatic carbocycles. The average Bonchev–Trinajstić information content (AvgIpc) is 1.68. The minimum absolute atomic E-state index is 0.264. The van der Waals surface area contributed by atoms with Crippen molar-refractivity contribution < 1.29 is 9.59 Å². The topological polar surface area (TPSA) is 88.1 Å². The van der Waals surface area contributed by atoms with Crippen LogP contribution in [0.1, 0.15) is 0 Å². The van der Waals surface area contributed by atoms with Gasteiger partial charge in [0.1, 0.15) is 0 Å². The third-order valence-corrected chi connectivity index (χ3v) is 0.287. The number of isocyanates is 2. The molecule has 0 atom stereocenters. The molecule has 6 heteroatoms. The Morgan fingerprint density at radius 2 is 1.62 bits per heavy atom. The van der Waals surface area contributed by atoms with E-state index in [-0.39, 0.29) is 5.23 Å². The van der Waals surface area contributed by atoms with Gasteiger partial charge in [0.05, 0.1) is 0 Å². The van der Waals surface area contributed by atoms with E-state index >= 15 is 0 Å². The molecule has 0 bridgehead atoms. The van der Waals surface area contributed by atoms with Crippen molar-refractivity contribution in [3.8, 4) is 0 Å². The third kappa shape index (κ3) is 2.74. The number of hydrazone groups is 2. The van der Waals surface area contributed by atoms with Crippen LogP contribution in [0.4, 0.5) is 0 Å². The maximum Gasteiger partial charge on any atom is 0.261 e. The number of nitrogens with zero attached hydrogens (tertiary/aromatic N) is 3. The Hall–Kier alpha value is -1.48. The van der Waals surface area contributed by atoms with E-state index in [1.165, 1.54) is 0 Å². The summed E-state index contributed by atoms with van der Waals surface area (Å²) in [4.78, 5) is 18.6. The number of nitrogens with two attached hydrogens (primary N) is 1. The molecule has 0 aromatic heterocycles. The maximum absolute atomic E-state index is 9.29. The van der Waals surface area contributed by atoms with Gasteiger partial charge in [-0.2, -0.15) is 0 Å². The average molecular weight is 114 g/mol. The maximum atomic E-state index is 9.29. The van der Waals surface area contributed by atoms with Gasteiger partial charge in [-0.3, -0.25) is 0 Å². The minimum Gasteiger partial charge on any atom is -0.209 e. The molecule has 0 saturated carbocycles. The van der Waals surface area contributed by atoms with Gasteiger partial charge in [-0.25, -0.2) is 15.4 Å². The second-order valence-corrected chi connectivity index (χ2v) is 0.703. The van der Waals surface area contributed by atoms with Crippen molar-refractivity contribution in [3.05, 3.63) is 0 Å². The summed E-state index contributed by atoms with van der Waals surface area (Å²) in [5, 5.41) is 5.65. The van der Waals surface area contributed by atoms with Gasteiger partial charge in [0.15, 0.2) is 0 Å². The van der Waals surface area contributed by atoms with E-state index in [0.717, 1.165) is 12.2 Å². The van der Waals surface area contributed by atoms with E-state index in [9.17, 15) is 9.59 Å². The molecule has 0 aromatic carbocycles. The summed E-state index contributed by atoms with van der Waals surface area (Å²) in [7, 11) is 0. The van der Waals surface area contributed by atoms with Crippen LogP contribution in [-0.4, -0.2) is 17.4 Å². The van der Waals surface area contributed by atoms with Crippen LogP contribution in [-0.2, 0) is 9.59 Å². The minimum atomic E-state index is 0.264. The van der Waals surface area contributed by atoms with E-state index in [4.69, 9.17) is 0 Å². The van der Waals surface area contributed by atoms with Crippen molar-refractivity contribution in [3.63, 3.8) is 0 Å². The molecule has 8 heavy (non-hydrogen) atoms. The van der Waals surface area contributed by atoms with Crippen LogP contribution in [0.15, 0.2) is 10.2 Å². The lowest BCUT2D eigenvalue weighted by molar-refractivity contribution is 0.312. The predicted octanol–water partition coefficient (Wildman–Crippen LogP) is -1.34. The Bertz CT molecular complexity index is 135. The predicted molar refractivity (Wildman–Crippen MR) is 22.3 cm³/mol. The number of hydrogen-bond acceptors (Lipinski definition) is 6. The SMILES string of the molecule is NN(N=C=O)N=C=O. The molecule has 0 aromatic rings. The monoisotopic (exact) mass is 114 g/mol. The van der Waals surface area contributed by atoms with Crippen LogP contribution in [0.5, 0.6) is 0 Å². The number of rotatable bonds is 2. The summed E-state index contributed by atoms with van der Waals surface area (Å²) < 4.78 is 0. The van der Waals surface area contributed by atoms with E-state index in [0.29, 0.717) is 0 Å². The van der Waals surface area contributed by atoms with Crippen molar-refractivity contribution in [2.24, 2.45) is 16.0 Å². The molecular formula is C2H2N4O2. The molecule has 2 N–H and O–H groups in total. The van der Waals surface area contributed by atoms with Crippen LogP contribution < -0.4 is 5.84 Å². The molecule has 0 heterocycles. The van der Waals surface area contributed by atoms with E-state index in [1.54, 1.807) is 0 Å². The molecular weight excluding hydrogens is 112 g/mol. The Kier molecular flexibility index (Phi) is 3.02. The van der Waals surface area contributed by atoms with Gasteiger partial charge in [-0.1, -0.05) is 15.4 Å². The smallest absolute Gasteiger partial charge is 0.209 e. The fraction of sp³-hybridized carbons (Fsp3) is 0. The van der Waals surface area contributed by atoms with Crippen molar-refractivity contribution in [1.82, 2.24) is 5.23 Å². The summed E-state index contributed by atoms with van der Waals surface area (Å²) in [5.74, 6) is 4.67. The zero-order valence-corrected chi connectivity index (χ0v) is 3.74. The van der Waals surface area contributed by atoms with Gasteiger partial charge in [0.25, 0.3) is 12.2 Å². The summed E-state index contributed by atoms with van der Waals surface area (Å²) in [6.45, 7) is 0. The normalized spacial score (nSPS) is 6.12. The molecule has 0 rings (SSSR count). The zero-order chi connectivity index (χ0) is 6.41. The first-order chi connectivity index (χ1) is 3.81. The van der Waals surface area contributed by atoms with Crippen molar-refractivity contribution in [2.75, 3.05) is 0 Å². The van der Waals surface area contributed by atoms with E-state index < -0.39 is 0 Å². The highest BCUT2D eigenvalue weighted by Crippen LogP contribution is 1.70. The van der Waals surface area contributed by atoms with Crippen molar-refractivity contribution >= 4 is 12.2 Å². The lowest BCUT2D eigenvalue weighted by Crippen LogP contribution is -2.17. The van der Waals surface area contributed by atoms with E-state index in [2.05, 4.69) is 16.0 Å². The van der Waals surface area contributed by atoms with Crippen LogP contribution in [0.25, 0.3) is 0 Å². The Morgan fingerprint density at radius 1 is 1.25 bits per heavy atom. The second kappa shape index (κ2) is 3.70. The summed E-state index contributed by atoms with van der Waals surface area (Å²) in [6.07, 6.45) is 2.11. The number of hydrazine groups is 1.